The molecular weight excluding hydrogens is 232 g/mol. The quantitative estimate of drug-likeness (QED) is 0.841. The van der Waals surface area contributed by atoms with Crippen molar-refractivity contribution in [2.75, 3.05) is 0 Å². The molecule has 4 heteroatoms. The maximum Gasteiger partial charge on any atom is 0.136 e. The molecule has 1 aromatic heterocycles. The van der Waals surface area contributed by atoms with E-state index in [1.165, 1.54) is 10.3 Å². The molecule has 2 heterocycles. The van der Waals surface area contributed by atoms with Gasteiger partial charge >= 0.3 is 0 Å². The number of carbonyl (C=O) groups is 1. The lowest BCUT2D eigenvalue weighted by molar-refractivity contribution is -0.121. The zero-order chi connectivity index (χ0) is 11.8. The molecule has 0 spiro atoms. The van der Waals surface area contributed by atoms with E-state index in [0.29, 0.717) is 18.6 Å². The number of nitrogens with zero attached hydrogens (tertiary/aromatic N) is 1. The van der Waals surface area contributed by atoms with E-state index in [1.54, 1.807) is 11.3 Å². The molecule has 88 valence electrons. The fourth-order valence-electron chi connectivity index (χ4n) is 2.50. The summed E-state index contributed by atoms with van der Waals surface area (Å²) in [6.45, 7) is 2.07. The zero-order valence-corrected chi connectivity index (χ0v) is 10.5. The molecular formula is C13H14N2OS. The first-order chi connectivity index (χ1) is 8.24. The molecule has 0 radical (unpaired) electrons. The van der Waals surface area contributed by atoms with Crippen molar-refractivity contribution < 1.29 is 4.79 Å². The third-order valence-corrected chi connectivity index (χ3v) is 4.11. The Balaban J connectivity index is 2.03. The van der Waals surface area contributed by atoms with Crippen LogP contribution in [0.25, 0.3) is 10.2 Å². The lowest BCUT2D eigenvalue weighted by Crippen LogP contribution is -2.38. The molecule has 1 saturated heterocycles. The monoisotopic (exact) mass is 246 g/mol. The van der Waals surface area contributed by atoms with Crippen LogP contribution in [0.2, 0.25) is 0 Å². The van der Waals surface area contributed by atoms with E-state index in [1.807, 2.05) is 17.6 Å². The van der Waals surface area contributed by atoms with Crippen molar-refractivity contribution in [3.8, 4) is 0 Å². The summed E-state index contributed by atoms with van der Waals surface area (Å²) in [6, 6.07) is 6.55. The zero-order valence-electron chi connectivity index (χ0n) is 9.64. The second-order valence-electron chi connectivity index (χ2n) is 4.62. The van der Waals surface area contributed by atoms with E-state index in [2.05, 4.69) is 23.3 Å². The number of Topliss-reactive ketones (excluding diaryl/α,β-unsaturated/α-hetero) is 1. The third kappa shape index (κ3) is 1.98. The number of rotatable bonds is 1. The van der Waals surface area contributed by atoms with Crippen molar-refractivity contribution in [2.45, 2.75) is 31.8 Å². The number of nitrogens with one attached hydrogen (secondary N) is 1. The van der Waals surface area contributed by atoms with E-state index >= 15 is 0 Å². The SMILES string of the molecule is CC1CC(=O)CC(c2cccc3ncsc23)N1. The van der Waals surface area contributed by atoms with E-state index in [0.717, 1.165) is 5.52 Å². The van der Waals surface area contributed by atoms with Crippen LogP contribution < -0.4 is 5.32 Å². The highest BCUT2D eigenvalue weighted by Crippen LogP contribution is 2.31. The largest absolute Gasteiger partial charge is 0.307 e. The van der Waals surface area contributed by atoms with Crippen LogP contribution in [0.5, 0.6) is 0 Å². The van der Waals surface area contributed by atoms with Crippen LogP contribution in [0.1, 0.15) is 31.4 Å². The smallest absolute Gasteiger partial charge is 0.136 e. The highest BCUT2D eigenvalue weighted by molar-refractivity contribution is 7.17. The summed E-state index contributed by atoms with van der Waals surface area (Å²) in [7, 11) is 0. The molecule has 0 aliphatic carbocycles. The van der Waals surface area contributed by atoms with Gasteiger partial charge in [-0.05, 0) is 18.6 Å². The first-order valence-corrected chi connectivity index (χ1v) is 6.72. The van der Waals surface area contributed by atoms with Gasteiger partial charge in [-0.15, -0.1) is 11.3 Å². The van der Waals surface area contributed by atoms with Gasteiger partial charge in [0, 0.05) is 24.9 Å². The Labute approximate surface area is 104 Å². The van der Waals surface area contributed by atoms with Crippen LogP contribution in [0.4, 0.5) is 0 Å². The van der Waals surface area contributed by atoms with Gasteiger partial charge in [-0.2, -0.15) is 0 Å². The number of benzene rings is 1. The standard InChI is InChI=1S/C13H14N2OS/c1-8-5-9(16)6-12(15-8)10-3-2-4-11-13(10)17-7-14-11/h2-4,7-8,12,15H,5-6H2,1H3. The van der Waals surface area contributed by atoms with Crippen molar-refractivity contribution in [3.63, 3.8) is 0 Å². The molecule has 17 heavy (non-hydrogen) atoms. The van der Waals surface area contributed by atoms with Crippen LogP contribution in [-0.2, 0) is 4.79 Å². The summed E-state index contributed by atoms with van der Waals surface area (Å²) in [6.07, 6.45) is 1.25. The third-order valence-electron chi connectivity index (χ3n) is 3.21. The first kappa shape index (κ1) is 10.9. The molecule has 1 aliphatic rings. The summed E-state index contributed by atoms with van der Waals surface area (Å²) < 4.78 is 1.20. The van der Waals surface area contributed by atoms with Crippen LogP contribution in [0.15, 0.2) is 23.7 Å². The summed E-state index contributed by atoms with van der Waals surface area (Å²) in [5.41, 5.74) is 4.10. The maximum atomic E-state index is 11.7. The van der Waals surface area contributed by atoms with E-state index < -0.39 is 0 Å². The number of aromatic nitrogens is 1. The summed E-state index contributed by atoms with van der Waals surface area (Å²) in [4.78, 5) is 16.0. The van der Waals surface area contributed by atoms with Gasteiger partial charge in [-0.25, -0.2) is 4.98 Å². The summed E-state index contributed by atoms with van der Waals surface area (Å²) in [5, 5.41) is 3.50. The highest BCUT2D eigenvalue weighted by Gasteiger charge is 2.26. The molecule has 2 atom stereocenters. The van der Waals surface area contributed by atoms with Crippen molar-refractivity contribution in [1.29, 1.82) is 0 Å². The Hall–Kier alpha value is -1.26. The number of ketones is 1. The number of piperidine rings is 1. The van der Waals surface area contributed by atoms with E-state index in [-0.39, 0.29) is 12.1 Å². The Morgan fingerprint density at radius 3 is 3.12 bits per heavy atom. The van der Waals surface area contributed by atoms with Gasteiger partial charge in [0.25, 0.3) is 0 Å². The van der Waals surface area contributed by atoms with Crippen molar-refractivity contribution in [2.24, 2.45) is 0 Å². The molecule has 3 nitrogen and oxygen atoms in total. The Morgan fingerprint density at radius 2 is 2.29 bits per heavy atom. The van der Waals surface area contributed by atoms with E-state index in [9.17, 15) is 4.79 Å². The minimum Gasteiger partial charge on any atom is -0.307 e. The van der Waals surface area contributed by atoms with Crippen LogP contribution in [0.3, 0.4) is 0 Å². The predicted octanol–water partition coefficient (Wildman–Crippen LogP) is 2.68. The Bertz CT molecular complexity index is 563. The second-order valence-corrected chi connectivity index (χ2v) is 5.47. The van der Waals surface area contributed by atoms with Crippen LogP contribution in [0, 0.1) is 0 Å². The molecule has 0 bridgehead atoms. The lowest BCUT2D eigenvalue weighted by Gasteiger charge is -2.28. The molecule has 1 fully saturated rings. The maximum absolute atomic E-state index is 11.7. The minimum absolute atomic E-state index is 0.149. The van der Waals surface area contributed by atoms with Gasteiger partial charge in [-0.1, -0.05) is 12.1 Å². The number of fused-ring (bicyclic) bond motifs is 1. The average Bonchev–Trinajstić information content (AvgIpc) is 2.75. The molecule has 1 N–H and O–H groups in total. The fourth-order valence-corrected chi connectivity index (χ4v) is 3.36. The fraction of sp³-hybridized carbons (Fsp3) is 0.385. The number of hydrogen-bond acceptors (Lipinski definition) is 4. The normalized spacial score (nSPS) is 25.4. The molecule has 0 amide bonds. The Kier molecular flexibility index (Phi) is 2.68. The minimum atomic E-state index is 0.149. The molecule has 3 rings (SSSR count). The van der Waals surface area contributed by atoms with Crippen LogP contribution >= 0.6 is 11.3 Å². The van der Waals surface area contributed by atoms with Crippen molar-refractivity contribution in [3.05, 3.63) is 29.3 Å². The number of thiazole rings is 1. The Morgan fingerprint density at radius 1 is 1.41 bits per heavy atom. The summed E-state index contributed by atoms with van der Waals surface area (Å²) in [5.74, 6) is 0.350. The topological polar surface area (TPSA) is 42.0 Å². The van der Waals surface area contributed by atoms with E-state index in [4.69, 9.17) is 0 Å². The molecule has 1 aromatic carbocycles. The van der Waals surface area contributed by atoms with Gasteiger partial charge in [0.05, 0.1) is 15.7 Å². The number of hydrogen-bond donors (Lipinski definition) is 1. The van der Waals surface area contributed by atoms with Crippen molar-refractivity contribution in [1.82, 2.24) is 10.3 Å². The van der Waals surface area contributed by atoms with Crippen LogP contribution in [-0.4, -0.2) is 16.8 Å². The second kappa shape index (κ2) is 4.20. The first-order valence-electron chi connectivity index (χ1n) is 5.84. The van der Waals surface area contributed by atoms with Gasteiger partial charge in [-0.3, -0.25) is 4.79 Å². The lowest BCUT2D eigenvalue weighted by atomic mass is 9.93. The molecule has 2 aromatic rings. The van der Waals surface area contributed by atoms with Gasteiger partial charge in [0.1, 0.15) is 5.78 Å². The summed E-state index contributed by atoms with van der Waals surface area (Å²) >= 11 is 1.65. The van der Waals surface area contributed by atoms with Gasteiger partial charge in [0.15, 0.2) is 0 Å². The molecule has 1 aliphatic heterocycles. The van der Waals surface area contributed by atoms with Gasteiger partial charge in [0.2, 0.25) is 0 Å². The number of carbonyl (C=O) groups excluding carboxylic acids is 1. The van der Waals surface area contributed by atoms with Gasteiger partial charge < -0.3 is 5.32 Å². The van der Waals surface area contributed by atoms with Crippen molar-refractivity contribution >= 4 is 27.3 Å². The highest BCUT2D eigenvalue weighted by atomic mass is 32.1. The predicted molar refractivity (Wildman–Crippen MR) is 69.2 cm³/mol. The average molecular weight is 246 g/mol. The molecule has 0 saturated carbocycles. The molecule has 2 unspecified atom stereocenters.